The van der Waals surface area contributed by atoms with Gasteiger partial charge >= 0.3 is 0 Å². The van der Waals surface area contributed by atoms with E-state index in [1.54, 1.807) is 0 Å². The zero-order chi connectivity index (χ0) is 18.6. The van der Waals surface area contributed by atoms with Gasteiger partial charge in [-0.1, -0.05) is 42.0 Å². The molecule has 5 heteroatoms. The second kappa shape index (κ2) is 7.74. The Hall–Kier alpha value is -2.95. The number of benzene rings is 2. The van der Waals surface area contributed by atoms with Gasteiger partial charge in [0, 0.05) is 19.6 Å². The van der Waals surface area contributed by atoms with Crippen LogP contribution in [-0.2, 0) is 11.3 Å². The summed E-state index contributed by atoms with van der Waals surface area (Å²) in [5.41, 5.74) is 4.14. The van der Waals surface area contributed by atoms with Gasteiger partial charge in [-0.15, -0.1) is 0 Å². The number of nitrogens with zero attached hydrogens (tertiary/aromatic N) is 3. The van der Waals surface area contributed by atoms with Crippen LogP contribution in [0.3, 0.4) is 0 Å². The van der Waals surface area contributed by atoms with E-state index in [-0.39, 0.29) is 11.8 Å². The molecule has 0 saturated carbocycles. The van der Waals surface area contributed by atoms with Crippen LogP contribution in [0.5, 0.6) is 0 Å². The zero-order valence-electron chi connectivity index (χ0n) is 15.6. The molecule has 0 radical (unpaired) electrons. The molecule has 138 valence electrons. The maximum atomic E-state index is 12.7. The minimum atomic E-state index is -0.0162. The highest BCUT2D eigenvalue weighted by Gasteiger charge is 2.26. The molecule has 0 aliphatic carbocycles. The molecule has 1 aromatic heterocycles. The first-order valence-electron chi connectivity index (χ1n) is 9.49. The number of piperidine rings is 1. The van der Waals surface area contributed by atoms with E-state index in [1.807, 2.05) is 30.5 Å². The lowest BCUT2D eigenvalue weighted by Crippen LogP contribution is -2.43. The first-order chi connectivity index (χ1) is 13.2. The van der Waals surface area contributed by atoms with Gasteiger partial charge in [0.15, 0.2) is 0 Å². The number of hydrogen-bond donors (Lipinski definition) is 1. The monoisotopic (exact) mass is 360 g/mol. The van der Waals surface area contributed by atoms with Crippen LogP contribution < -0.4 is 10.2 Å². The largest absolute Gasteiger partial charge is 0.355 e. The molecule has 5 nitrogen and oxygen atoms in total. The highest BCUT2D eigenvalue weighted by molar-refractivity contribution is 5.80. The predicted octanol–water partition coefficient (Wildman–Crippen LogP) is 3.47. The van der Waals surface area contributed by atoms with Crippen LogP contribution in [0.1, 0.15) is 24.0 Å². The third-order valence-electron chi connectivity index (χ3n) is 5.14. The fraction of sp³-hybridized carbons (Fsp3) is 0.318. The van der Waals surface area contributed by atoms with Gasteiger partial charge < -0.3 is 10.2 Å². The maximum absolute atomic E-state index is 12.7. The van der Waals surface area contributed by atoms with Crippen LogP contribution >= 0.6 is 0 Å². The van der Waals surface area contributed by atoms with Crippen molar-refractivity contribution in [1.29, 1.82) is 0 Å². The summed E-state index contributed by atoms with van der Waals surface area (Å²) in [5, 5.41) is 3.09. The topological polar surface area (TPSA) is 58.1 Å². The van der Waals surface area contributed by atoms with E-state index < -0.39 is 0 Å². The number of fused-ring (bicyclic) bond motifs is 1. The van der Waals surface area contributed by atoms with Gasteiger partial charge in [-0.25, -0.2) is 4.98 Å². The van der Waals surface area contributed by atoms with Gasteiger partial charge in [0.05, 0.1) is 23.1 Å². The van der Waals surface area contributed by atoms with Crippen molar-refractivity contribution in [3.05, 3.63) is 65.9 Å². The van der Waals surface area contributed by atoms with E-state index in [4.69, 9.17) is 4.98 Å². The summed E-state index contributed by atoms with van der Waals surface area (Å²) in [6, 6.07) is 16.1. The molecular weight excluding hydrogens is 336 g/mol. The SMILES string of the molecule is Cc1ccc(CNC(=O)C2CCCN(c3cnc4ccccc4n3)C2)cc1. The van der Waals surface area contributed by atoms with Gasteiger partial charge in [0.1, 0.15) is 5.82 Å². The lowest BCUT2D eigenvalue weighted by Gasteiger charge is -2.32. The maximum Gasteiger partial charge on any atom is 0.225 e. The van der Waals surface area contributed by atoms with Crippen molar-refractivity contribution in [3.63, 3.8) is 0 Å². The standard InChI is InChI=1S/C22H24N4O/c1-16-8-10-17(11-9-16)13-24-22(27)18-5-4-12-26(15-18)21-14-23-19-6-2-3-7-20(19)25-21/h2-3,6-11,14,18H,4-5,12-13,15H2,1H3,(H,24,27). The van der Waals surface area contributed by atoms with E-state index in [1.165, 1.54) is 5.56 Å². The van der Waals surface area contributed by atoms with E-state index in [0.29, 0.717) is 13.1 Å². The minimum absolute atomic E-state index is 0.0162. The van der Waals surface area contributed by atoms with Crippen LogP contribution in [-0.4, -0.2) is 29.0 Å². The second-order valence-corrected chi connectivity index (χ2v) is 7.21. The summed E-state index contributed by atoms with van der Waals surface area (Å²) < 4.78 is 0. The Bertz CT molecular complexity index is 938. The van der Waals surface area contributed by atoms with Gasteiger partial charge in [-0.3, -0.25) is 9.78 Å². The molecule has 3 aromatic rings. The highest BCUT2D eigenvalue weighted by Crippen LogP contribution is 2.23. The van der Waals surface area contributed by atoms with Crippen molar-refractivity contribution in [1.82, 2.24) is 15.3 Å². The Balaban J connectivity index is 1.40. The molecule has 2 aromatic carbocycles. The third kappa shape index (κ3) is 4.08. The molecule has 1 saturated heterocycles. The number of para-hydroxylation sites is 2. The molecule has 1 unspecified atom stereocenters. The Morgan fingerprint density at radius 2 is 1.93 bits per heavy atom. The Morgan fingerprint density at radius 3 is 2.74 bits per heavy atom. The van der Waals surface area contributed by atoms with Crippen LogP contribution in [0.15, 0.2) is 54.7 Å². The highest BCUT2D eigenvalue weighted by atomic mass is 16.1. The quantitative estimate of drug-likeness (QED) is 0.774. The van der Waals surface area contributed by atoms with Crippen LogP contribution in [0.25, 0.3) is 11.0 Å². The number of amides is 1. The Kier molecular flexibility index (Phi) is 5.01. The molecule has 2 heterocycles. The summed E-state index contributed by atoms with van der Waals surface area (Å²) in [5.74, 6) is 0.955. The smallest absolute Gasteiger partial charge is 0.225 e. The average molecular weight is 360 g/mol. The molecule has 0 bridgehead atoms. The van der Waals surface area contributed by atoms with Gasteiger partial charge in [-0.2, -0.15) is 0 Å². The van der Waals surface area contributed by atoms with Crippen molar-refractivity contribution in [3.8, 4) is 0 Å². The molecule has 1 amide bonds. The van der Waals surface area contributed by atoms with E-state index in [0.717, 1.165) is 41.8 Å². The lowest BCUT2D eigenvalue weighted by atomic mass is 9.97. The van der Waals surface area contributed by atoms with E-state index in [2.05, 4.69) is 46.4 Å². The molecule has 27 heavy (non-hydrogen) atoms. The summed E-state index contributed by atoms with van der Waals surface area (Å²) in [6.45, 7) is 4.24. The van der Waals surface area contributed by atoms with Crippen LogP contribution in [0, 0.1) is 12.8 Å². The molecule has 1 aliphatic heterocycles. The number of carbonyl (C=O) groups excluding carboxylic acids is 1. The van der Waals surface area contributed by atoms with Crippen molar-refractivity contribution in [2.45, 2.75) is 26.3 Å². The first-order valence-corrected chi connectivity index (χ1v) is 9.49. The number of hydrogen-bond acceptors (Lipinski definition) is 4. The normalized spacial score (nSPS) is 17.1. The summed E-state index contributed by atoms with van der Waals surface area (Å²) in [4.78, 5) is 24.1. The van der Waals surface area contributed by atoms with Crippen LogP contribution in [0.4, 0.5) is 5.82 Å². The van der Waals surface area contributed by atoms with E-state index >= 15 is 0 Å². The molecule has 4 rings (SSSR count). The van der Waals surface area contributed by atoms with Crippen molar-refractivity contribution < 1.29 is 4.79 Å². The third-order valence-corrected chi connectivity index (χ3v) is 5.14. The first kappa shape index (κ1) is 17.5. The average Bonchev–Trinajstić information content (AvgIpc) is 2.73. The molecule has 1 N–H and O–H groups in total. The van der Waals surface area contributed by atoms with Crippen LogP contribution in [0.2, 0.25) is 0 Å². The summed E-state index contributed by atoms with van der Waals surface area (Å²) in [7, 11) is 0. The Labute approximate surface area is 159 Å². The number of aromatic nitrogens is 2. The van der Waals surface area contributed by atoms with Gasteiger partial charge in [-0.05, 0) is 37.5 Å². The zero-order valence-corrected chi connectivity index (χ0v) is 15.6. The molecule has 1 fully saturated rings. The molecular formula is C22H24N4O. The predicted molar refractivity (Wildman–Crippen MR) is 108 cm³/mol. The fourth-order valence-electron chi connectivity index (χ4n) is 3.54. The van der Waals surface area contributed by atoms with Crippen molar-refractivity contribution in [2.24, 2.45) is 5.92 Å². The number of rotatable bonds is 4. The number of aryl methyl sites for hydroxylation is 1. The van der Waals surface area contributed by atoms with Gasteiger partial charge in [0.25, 0.3) is 0 Å². The molecule has 1 atom stereocenters. The number of nitrogens with one attached hydrogen (secondary N) is 1. The number of anilines is 1. The van der Waals surface area contributed by atoms with E-state index in [9.17, 15) is 4.79 Å². The Morgan fingerprint density at radius 1 is 1.15 bits per heavy atom. The fourth-order valence-corrected chi connectivity index (χ4v) is 3.54. The summed E-state index contributed by atoms with van der Waals surface area (Å²) >= 11 is 0. The molecule has 1 aliphatic rings. The second-order valence-electron chi connectivity index (χ2n) is 7.21. The summed E-state index contributed by atoms with van der Waals surface area (Å²) in [6.07, 6.45) is 3.71. The molecule has 0 spiro atoms. The van der Waals surface area contributed by atoms with Gasteiger partial charge in [0.2, 0.25) is 5.91 Å². The lowest BCUT2D eigenvalue weighted by molar-refractivity contribution is -0.125. The van der Waals surface area contributed by atoms with Crippen molar-refractivity contribution >= 4 is 22.8 Å². The van der Waals surface area contributed by atoms with Crippen molar-refractivity contribution in [2.75, 3.05) is 18.0 Å². The minimum Gasteiger partial charge on any atom is -0.355 e. The number of carbonyl (C=O) groups is 1.